The van der Waals surface area contributed by atoms with Crippen LogP contribution in [0.5, 0.6) is 5.75 Å². The zero-order valence-corrected chi connectivity index (χ0v) is 13.3. The quantitative estimate of drug-likeness (QED) is 0.839. The van der Waals surface area contributed by atoms with E-state index in [9.17, 15) is 0 Å². The van der Waals surface area contributed by atoms with Crippen LogP contribution < -0.4 is 15.4 Å². The number of pyridine rings is 1. The van der Waals surface area contributed by atoms with E-state index < -0.39 is 0 Å². The van der Waals surface area contributed by atoms with Crippen molar-refractivity contribution in [3.63, 3.8) is 0 Å². The fraction of sp³-hybridized carbons (Fsp3) is 0.250. The smallest absolute Gasteiger partial charge is 0.176 e. The van der Waals surface area contributed by atoms with E-state index in [-0.39, 0.29) is 0 Å². The van der Waals surface area contributed by atoms with E-state index >= 15 is 0 Å². The highest BCUT2D eigenvalue weighted by Gasteiger charge is 2.05. The third-order valence-corrected chi connectivity index (χ3v) is 2.98. The molecule has 1 aromatic carbocycles. The van der Waals surface area contributed by atoms with Crippen molar-refractivity contribution in [2.75, 3.05) is 17.2 Å². The Bertz CT molecular complexity index is 623. The molecule has 2 rings (SSSR count). The number of hydrogen-bond donors (Lipinski definition) is 2. The molecule has 0 aliphatic heterocycles. The number of ether oxygens (including phenoxy) is 1. The topological polar surface area (TPSA) is 46.2 Å². The zero-order valence-electron chi connectivity index (χ0n) is 12.4. The van der Waals surface area contributed by atoms with Crippen LogP contribution in [0.1, 0.15) is 18.2 Å². The maximum Gasteiger partial charge on any atom is 0.176 e. The Kier molecular flexibility index (Phi) is 5.11. The predicted octanol–water partition coefficient (Wildman–Crippen LogP) is 3.91. The second kappa shape index (κ2) is 7.04. The molecule has 2 aromatic rings. The number of rotatable bonds is 4. The Balaban J connectivity index is 2.08. The third-order valence-electron chi connectivity index (χ3n) is 2.77. The van der Waals surface area contributed by atoms with Gasteiger partial charge in [-0.3, -0.25) is 0 Å². The highest BCUT2D eigenvalue weighted by atomic mass is 32.1. The van der Waals surface area contributed by atoms with Crippen LogP contribution in [-0.2, 0) is 0 Å². The number of para-hydroxylation sites is 2. The van der Waals surface area contributed by atoms with Crippen LogP contribution in [0.15, 0.2) is 36.4 Å². The summed E-state index contributed by atoms with van der Waals surface area (Å²) in [5, 5.41) is 6.72. The van der Waals surface area contributed by atoms with Crippen LogP contribution in [0, 0.1) is 13.8 Å². The molecule has 0 aliphatic rings. The lowest BCUT2D eigenvalue weighted by Crippen LogP contribution is -2.20. The maximum atomic E-state index is 5.56. The number of aromatic nitrogens is 1. The molecule has 0 bridgehead atoms. The minimum absolute atomic E-state index is 0.486. The monoisotopic (exact) mass is 301 g/mol. The van der Waals surface area contributed by atoms with Crippen molar-refractivity contribution in [1.29, 1.82) is 0 Å². The van der Waals surface area contributed by atoms with E-state index in [2.05, 4.69) is 15.6 Å². The highest BCUT2D eigenvalue weighted by Crippen LogP contribution is 2.23. The molecule has 0 aliphatic carbocycles. The lowest BCUT2D eigenvalue weighted by Gasteiger charge is -2.14. The Labute approximate surface area is 130 Å². The Morgan fingerprint density at radius 2 is 1.95 bits per heavy atom. The molecule has 4 nitrogen and oxygen atoms in total. The molecule has 2 N–H and O–H groups in total. The number of hydrogen-bond acceptors (Lipinski definition) is 3. The standard InChI is InChI=1S/C16H19N3OS/c1-4-20-14-8-6-5-7-13(14)18-16(21)19-15-10-11(2)9-12(3)17-15/h5-10H,4H2,1-3H3,(H2,17,18,19,21). The van der Waals surface area contributed by atoms with Crippen molar-refractivity contribution in [3.05, 3.63) is 47.7 Å². The third kappa shape index (κ3) is 4.43. The molecule has 1 heterocycles. The van der Waals surface area contributed by atoms with Gasteiger partial charge in [-0.05, 0) is 62.8 Å². The first-order chi connectivity index (χ1) is 10.1. The van der Waals surface area contributed by atoms with Gasteiger partial charge in [0.05, 0.1) is 12.3 Å². The summed E-state index contributed by atoms with van der Waals surface area (Å²) in [5.74, 6) is 1.51. The van der Waals surface area contributed by atoms with E-state index in [1.807, 2.05) is 57.2 Å². The maximum absolute atomic E-state index is 5.56. The van der Waals surface area contributed by atoms with Gasteiger partial charge in [0.15, 0.2) is 5.11 Å². The summed E-state index contributed by atoms with van der Waals surface area (Å²) >= 11 is 5.33. The van der Waals surface area contributed by atoms with Crippen LogP contribution in [0.25, 0.3) is 0 Å². The molecule has 0 unspecified atom stereocenters. The first-order valence-corrected chi connectivity index (χ1v) is 7.24. The molecule has 0 spiro atoms. The van der Waals surface area contributed by atoms with E-state index in [4.69, 9.17) is 17.0 Å². The number of anilines is 2. The highest BCUT2D eigenvalue weighted by molar-refractivity contribution is 7.80. The van der Waals surface area contributed by atoms with E-state index in [1.165, 1.54) is 0 Å². The molecule has 0 radical (unpaired) electrons. The Morgan fingerprint density at radius 3 is 2.67 bits per heavy atom. The summed E-state index contributed by atoms with van der Waals surface area (Å²) in [6.45, 7) is 6.55. The normalized spacial score (nSPS) is 10.0. The second-order valence-corrected chi connectivity index (χ2v) is 5.09. The molecule has 0 saturated carbocycles. The molecule has 21 heavy (non-hydrogen) atoms. The van der Waals surface area contributed by atoms with Crippen LogP contribution in [0.3, 0.4) is 0 Å². The predicted molar refractivity (Wildman–Crippen MR) is 91.2 cm³/mol. The van der Waals surface area contributed by atoms with Crippen LogP contribution in [0.2, 0.25) is 0 Å². The van der Waals surface area contributed by atoms with Crippen molar-refractivity contribution in [3.8, 4) is 5.75 Å². The molecule has 5 heteroatoms. The van der Waals surface area contributed by atoms with Crippen molar-refractivity contribution in [1.82, 2.24) is 4.98 Å². The summed E-state index contributed by atoms with van der Waals surface area (Å²) in [4.78, 5) is 4.40. The van der Waals surface area contributed by atoms with E-state index in [0.29, 0.717) is 11.7 Å². The van der Waals surface area contributed by atoms with Crippen LogP contribution in [0.4, 0.5) is 11.5 Å². The first kappa shape index (κ1) is 15.3. The molecule has 0 amide bonds. The lowest BCUT2D eigenvalue weighted by molar-refractivity contribution is 0.342. The van der Waals surface area contributed by atoms with Gasteiger partial charge in [0.25, 0.3) is 0 Å². The zero-order chi connectivity index (χ0) is 15.2. The average molecular weight is 301 g/mol. The SMILES string of the molecule is CCOc1ccccc1NC(=S)Nc1cc(C)cc(C)n1. The summed E-state index contributed by atoms with van der Waals surface area (Å²) in [6, 6.07) is 11.7. The summed E-state index contributed by atoms with van der Waals surface area (Å²) < 4.78 is 5.56. The van der Waals surface area contributed by atoms with Crippen molar-refractivity contribution >= 4 is 28.8 Å². The van der Waals surface area contributed by atoms with Gasteiger partial charge in [0.2, 0.25) is 0 Å². The number of benzene rings is 1. The number of aryl methyl sites for hydroxylation is 2. The molecular weight excluding hydrogens is 282 g/mol. The van der Waals surface area contributed by atoms with Gasteiger partial charge >= 0.3 is 0 Å². The summed E-state index contributed by atoms with van der Waals surface area (Å²) in [7, 11) is 0. The van der Waals surface area contributed by atoms with Gasteiger partial charge < -0.3 is 15.4 Å². The minimum Gasteiger partial charge on any atom is -0.492 e. The van der Waals surface area contributed by atoms with Gasteiger partial charge in [-0.1, -0.05) is 12.1 Å². The molecule has 1 aromatic heterocycles. The first-order valence-electron chi connectivity index (χ1n) is 6.83. The largest absolute Gasteiger partial charge is 0.492 e. The Morgan fingerprint density at radius 1 is 1.19 bits per heavy atom. The lowest BCUT2D eigenvalue weighted by atomic mass is 10.2. The molecular formula is C16H19N3OS. The van der Waals surface area contributed by atoms with Gasteiger partial charge in [0, 0.05) is 5.69 Å². The second-order valence-electron chi connectivity index (χ2n) is 4.68. The van der Waals surface area contributed by atoms with E-state index in [1.54, 1.807) is 0 Å². The van der Waals surface area contributed by atoms with Gasteiger partial charge in [-0.2, -0.15) is 0 Å². The van der Waals surface area contributed by atoms with Crippen molar-refractivity contribution in [2.24, 2.45) is 0 Å². The van der Waals surface area contributed by atoms with Gasteiger partial charge in [-0.25, -0.2) is 4.98 Å². The number of nitrogens with one attached hydrogen (secondary N) is 2. The molecule has 110 valence electrons. The summed E-state index contributed by atoms with van der Waals surface area (Å²) in [5.41, 5.74) is 2.93. The van der Waals surface area contributed by atoms with Crippen molar-refractivity contribution in [2.45, 2.75) is 20.8 Å². The number of nitrogens with zero attached hydrogens (tertiary/aromatic N) is 1. The van der Waals surface area contributed by atoms with Crippen LogP contribution in [-0.4, -0.2) is 16.7 Å². The number of thiocarbonyl (C=S) groups is 1. The van der Waals surface area contributed by atoms with Gasteiger partial charge in [-0.15, -0.1) is 0 Å². The fourth-order valence-electron chi connectivity index (χ4n) is 2.03. The Hall–Kier alpha value is -2.14. The average Bonchev–Trinajstić information content (AvgIpc) is 2.40. The molecule has 0 saturated heterocycles. The minimum atomic E-state index is 0.486. The van der Waals surface area contributed by atoms with Crippen molar-refractivity contribution < 1.29 is 4.74 Å². The summed E-state index contributed by atoms with van der Waals surface area (Å²) in [6.07, 6.45) is 0. The van der Waals surface area contributed by atoms with Gasteiger partial charge in [0.1, 0.15) is 11.6 Å². The van der Waals surface area contributed by atoms with Crippen LogP contribution >= 0.6 is 12.2 Å². The fourth-order valence-corrected chi connectivity index (χ4v) is 2.24. The molecule has 0 atom stereocenters. The van der Waals surface area contributed by atoms with E-state index in [0.717, 1.165) is 28.5 Å². The molecule has 0 fully saturated rings.